The fraction of sp³-hybridized carbons (Fsp3) is 0.417. The molecule has 2 aromatic rings. The maximum atomic E-state index is 4.04. The molecule has 0 amide bonds. The molecule has 0 aliphatic rings. The van der Waals surface area contributed by atoms with E-state index in [1.54, 1.807) is 0 Å². The molecule has 76 valence electrons. The van der Waals surface area contributed by atoms with Gasteiger partial charge in [-0.3, -0.25) is 0 Å². The minimum Gasteiger partial charge on any atom is -0.200 e. The summed E-state index contributed by atoms with van der Waals surface area (Å²) in [5.74, 6) is 0. The Morgan fingerprint density at radius 3 is 2.21 bits per heavy atom. The molecule has 0 N–H and O–H groups in total. The molecule has 0 unspecified atom stereocenters. The molecule has 2 rings (SSSR count). The molecule has 1 aromatic carbocycles. The highest BCUT2D eigenvalue weighted by molar-refractivity contribution is 7.13. The van der Waals surface area contributed by atoms with Gasteiger partial charge in [0.15, 0.2) is 0 Å². The average Bonchev–Trinajstić information content (AvgIpc) is 2.47. The van der Waals surface area contributed by atoms with Crippen LogP contribution in [0.15, 0.2) is 30.5 Å². The summed E-state index contributed by atoms with van der Waals surface area (Å²) in [6.45, 7) is 8.75. The van der Waals surface area contributed by atoms with Crippen LogP contribution in [-0.2, 0) is 0 Å². The van der Waals surface area contributed by atoms with Gasteiger partial charge in [0.25, 0.3) is 0 Å². The van der Waals surface area contributed by atoms with E-state index in [4.69, 9.17) is 0 Å². The van der Waals surface area contributed by atoms with Crippen LogP contribution >= 0.6 is 11.5 Å². The highest BCUT2D eigenvalue weighted by Crippen LogP contribution is 2.15. The number of rotatable bonds is 0. The summed E-state index contributed by atoms with van der Waals surface area (Å²) < 4.78 is 5.30. The van der Waals surface area contributed by atoms with Crippen molar-refractivity contribution in [2.24, 2.45) is 5.41 Å². The number of benzene rings is 1. The summed E-state index contributed by atoms with van der Waals surface area (Å²) in [5, 5.41) is 1.24. The van der Waals surface area contributed by atoms with E-state index >= 15 is 0 Å². The molecule has 0 radical (unpaired) electrons. The van der Waals surface area contributed by atoms with Crippen LogP contribution < -0.4 is 0 Å². The first-order valence-corrected chi connectivity index (χ1v) is 5.53. The summed E-state index contributed by atoms with van der Waals surface area (Å²) >= 11 is 1.54. The third-order valence-corrected chi connectivity index (χ3v) is 2.04. The maximum absolute atomic E-state index is 4.04. The predicted octanol–water partition coefficient (Wildman–Crippen LogP) is 4.35. The van der Waals surface area contributed by atoms with Gasteiger partial charge in [0.1, 0.15) is 0 Å². The molecule has 1 aromatic heterocycles. The SMILES string of the molecule is CC(C)(C)C.c1ccc2sncc2c1. The molecule has 0 saturated heterocycles. The molecular weight excluding hydrogens is 190 g/mol. The van der Waals surface area contributed by atoms with Crippen LogP contribution in [0.1, 0.15) is 27.7 Å². The molecule has 0 aliphatic heterocycles. The normalized spacial score (nSPS) is 10.9. The molecule has 14 heavy (non-hydrogen) atoms. The van der Waals surface area contributed by atoms with E-state index in [0.717, 1.165) is 0 Å². The van der Waals surface area contributed by atoms with Crippen LogP contribution in [0.5, 0.6) is 0 Å². The quantitative estimate of drug-likeness (QED) is 0.626. The maximum Gasteiger partial charge on any atom is 0.0549 e. The van der Waals surface area contributed by atoms with E-state index in [2.05, 4.69) is 44.2 Å². The topological polar surface area (TPSA) is 12.9 Å². The van der Waals surface area contributed by atoms with Crippen molar-refractivity contribution in [3.63, 3.8) is 0 Å². The smallest absolute Gasteiger partial charge is 0.0549 e. The molecular formula is C12H17NS. The lowest BCUT2D eigenvalue weighted by molar-refractivity contribution is 0.469. The Kier molecular flexibility index (Phi) is 3.64. The average molecular weight is 207 g/mol. The van der Waals surface area contributed by atoms with Gasteiger partial charge in [-0.15, -0.1) is 0 Å². The molecule has 0 atom stereocenters. The zero-order valence-corrected chi connectivity index (χ0v) is 10.1. The monoisotopic (exact) mass is 207 g/mol. The second kappa shape index (κ2) is 4.56. The zero-order chi connectivity index (χ0) is 10.6. The number of hydrogen-bond acceptors (Lipinski definition) is 2. The summed E-state index contributed by atoms with van der Waals surface area (Å²) in [7, 11) is 0. The molecule has 0 saturated carbocycles. The lowest BCUT2D eigenvalue weighted by Gasteiger charge is -2.05. The fourth-order valence-corrected chi connectivity index (χ4v) is 1.46. The summed E-state index contributed by atoms with van der Waals surface area (Å²) in [6.07, 6.45) is 1.89. The first-order chi connectivity index (χ1) is 6.47. The highest BCUT2D eigenvalue weighted by atomic mass is 32.1. The van der Waals surface area contributed by atoms with Gasteiger partial charge in [-0.2, -0.15) is 4.37 Å². The van der Waals surface area contributed by atoms with Crippen LogP contribution in [0.2, 0.25) is 0 Å². The van der Waals surface area contributed by atoms with Crippen molar-refractivity contribution in [2.45, 2.75) is 27.7 Å². The Bertz CT molecular complexity index is 348. The number of fused-ring (bicyclic) bond motifs is 1. The summed E-state index contributed by atoms with van der Waals surface area (Å²) in [6, 6.07) is 8.20. The van der Waals surface area contributed by atoms with Gasteiger partial charge in [-0.1, -0.05) is 45.9 Å². The van der Waals surface area contributed by atoms with Crippen LogP contribution in [0, 0.1) is 5.41 Å². The van der Waals surface area contributed by atoms with Crippen molar-refractivity contribution in [3.05, 3.63) is 30.5 Å². The van der Waals surface area contributed by atoms with Gasteiger partial charge >= 0.3 is 0 Å². The van der Waals surface area contributed by atoms with Gasteiger partial charge in [-0.05, 0) is 23.0 Å². The molecule has 0 aliphatic carbocycles. The Hall–Kier alpha value is -0.890. The van der Waals surface area contributed by atoms with E-state index in [0.29, 0.717) is 5.41 Å². The second-order valence-electron chi connectivity index (χ2n) is 4.86. The largest absolute Gasteiger partial charge is 0.200 e. The van der Waals surface area contributed by atoms with E-state index in [1.807, 2.05) is 18.3 Å². The van der Waals surface area contributed by atoms with Crippen LogP contribution in [0.25, 0.3) is 10.1 Å². The lowest BCUT2D eigenvalue weighted by atomic mass is 10.0. The van der Waals surface area contributed by atoms with Gasteiger partial charge < -0.3 is 0 Å². The van der Waals surface area contributed by atoms with E-state index in [1.165, 1.54) is 21.6 Å². The number of aromatic nitrogens is 1. The molecule has 0 bridgehead atoms. The minimum absolute atomic E-state index is 0.500. The molecule has 2 heteroatoms. The van der Waals surface area contributed by atoms with Crippen LogP contribution in [0.4, 0.5) is 0 Å². The van der Waals surface area contributed by atoms with Crippen LogP contribution in [-0.4, -0.2) is 4.37 Å². The molecule has 0 fully saturated rings. The first kappa shape index (κ1) is 11.2. The van der Waals surface area contributed by atoms with Gasteiger partial charge in [0.05, 0.1) is 4.70 Å². The van der Waals surface area contributed by atoms with Gasteiger partial charge in [-0.25, -0.2) is 0 Å². The second-order valence-corrected chi connectivity index (χ2v) is 5.70. The predicted molar refractivity (Wildman–Crippen MR) is 64.7 cm³/mol. The number of nitrogens with zero attached hydrogens (tertiary/aromatic N) is 1. The first-order valence-electron chi connectivity index (χ1n) is 4.76. The summed E-state index contributed by atoms with van der Waals surface area (Å²) in [4.78, 5) is 0. The third-order valence-electron chi connectivity index (χ3n) is 1.26. The third kappa shape index (κ3) is 4.38. The standard InChI is InChI=1S/C7H5NS.C5H12/c1-2-4-7-6(3-1)5-8-9-7;1-5(2,3)4/h1-5H;1-4H3. The lowest BCUT2D eigenvalue weighted by Crippen LogP contribution is -1.93. The Labute approximate surface area is 89.9 Å². The van der Waals surface area contributed by atoms with E-state index in [9.17, 15) is 0 Å². The Balaban J connectivity index is 0.000000171. The van der Waals surface area contributed by atoms with Crippen molar-refractivity contribution in [1.29, 1.82) is 0 Å². The Morgan fingerprint density at radius 1 is 1.07 bits per heavy atom. The Morgan fingerprint density at radius 2 is 1.64 bits per heavy atom. The van der Waals surface area contributed by atoms with Crippen molar-refractivity contribution in [3.8, 4) is 0 Å². The fourth-order valence-electron chi connectivity index (χ4n) is 0.810. The molecule has 0 spiro atoms. The van der Waals surface area contributed by atoms with Crippen molar-refractivity contribution in [2.75, 3.05) is 0 Å². The van der Waals surface area contributed by atoms with Crippen molar-refractivity contribution >= 4 is 21.6 Å². The zero-order valence-electron chi connectivity index (χ0n) is 9.24. The van der Waals surface area contributed by atoms with Gasteiger partial charge in [0, 0.05) is 11.6 Å². The minimum atomic E-state index is 0.500. The van der Waals surface area contributed by atoms with E-state index in [-0.39, 0.29) is 0 Å². The van der Waals surface area contributed by atoms with Crippen molar-refractivity contribution < 1.29 is 0 Å². The van der Waals surface area contributed by atoms with Crippen LogP contribution in [0.3, 0.4) is 0 Å². The van der Waals surface area contributed by atoms with Crippen molar-refractivity contribution in [1.82, 2.24) is 4.37 Å². The van der Waals surface area contributed by atoms with Gasteiger partial charge in [0.2, 0.25) is 0 Å². The summed E-state index contributed by atoms with van der Waals surface area (Å²) in [5.41, 5.74) is 0.500. The molecule has 1 nitrogen and oxygen atoms in total. The number of hydrogen-bond donors (Lipinski definition) is 0. The highest BCUT2D eigenvalue weighted by Gasteiger charge is 1.95. The molecule has 1 heterocycles. The van der Waals surface area contributed by atoms with E-state index < -0.39 is 0 Å².